The molecular weight excluding hydrogens is 322 g/mol. The number of hydrogen-bond acceptors (Lipinski definition) is 4. The van der Waals surface area contributed by atoms with Gasteiger partial charge in [0.2, 0.25) is 0 Å². The minimum atomic E-state index is -0.235. The van der Waals surface area contributed by atoms with Crippen molar-refractivity contribution in [1.29, 1.82) is 0 Å². The van der Waals surface area contributed by atoms with Crippen molar-refractivity contribution >= 4 is 38.8 Å². The van der Waals surface area contributed by atoms with E-state index in [9.17, 15) is 9.59 Å². The average Bonchev–Trinajstić information content (AvgIpc) is 3.02. The van der Waals surface area contributed by atoms with Gasteiger partial charge in [-0.1, -0.05) is 24.3 Å². The van der Waals surface area contributed by atoms with Crippen molar-refractivity contribution in [3.8, 4) is 0 Å². The van der Waals surface area contributed by atoms with E-state index in [0.29, 0.717) is 20.7 Å². The topological polar surface area (TPSA) is 63.5 Å². The number of carbonyl (C=O) groups excluding carboxylic acids is 1. The van der Waals surface area contributed by atoms with Crippen LogP contribution in [-0.4, -0.2) is 15.3 Å². The second-order valence-corrected chi connectivity index (χ2v) is 6.47. The Labute approximate surface area is 141 Å². The van der Waals surface area contributed by atoms with E-state index in [1.165, 1.54) is 15.7 Å². The molecule has 118 valence electrons. The number of benzene rings is 1. The maximum atomic E-state index is 12.5. The van der Waals surface area contributed by atoms with Gasteiger partial charge < -0.3 is 5.32 Å². The van der Waals surface area contributed by atoms with E-state index in [1.54, 1.807) is 24.4 Å². The van der Waals surface area contributed by atoms with E-state index >= 15 is 0 Å². The van der Waals surface area contributed by atoms with Gasteiger partial charge in [-0.3, -0.25) is 14.0 Å². The van der Waals surface area contributed by atoms with Crippen LogP contribution in [0, 0.1) is 6.92 Å². The fourth-order valence-electron chi connectivity index (χ4n) is 2.56. The van der Waals surface area contributed by atoms with Crippen molar-refractivity contribution in [2.45, 2.75) is 6.92 Å². The molecule has 1 amide bonds. The number of nitrogens with one attached hydrogen (secondary N) is 1. The summed E-state index contributed by atoms with van der Waals surface area (Å²) < 4.78 is 1.48. The third-order valence-corrected chi connectivity index (χ3v) is 4.86. The van der Waals surface area contributed by atoms with Gasteiger partial charge in [-0.2, -0.15) is 0 Å². The summed E-state index contributed by atoms with van der Waals surface area (Å²) in [4.78, 5) is 30.5. The van der Waals surface area contributed by atoms with Gasteiger partial charge in [-0.05, 0) is 36.8 Å². The fourth-order valence-corrected chi connectivity index (χ4v) is 3.48. The Morgan fingerprint density at radius 3 is 2.79 bits per heavy atom. The highest BCUT2D eigenvalue weighted by atomic mass is 32.1. The number of para-hydroxylation sites is 1. The lowest BCUT2D eigenvalue weighted by Gasteiger charge is -2.06. The number of carbonyl (C=O) groups is 1. The standard InChI is InChI=1S/C18H13N3O2S/c1-11-6-2-3-7-13(11)19-16(22)14-10-12-17(24-14)20-15-8-4-5-9-21(15)18(12)23/h2-10H,1H3,(H,19,22). The zero-order valence-electron chi connectivity index (χ0n) is 12.8. The number of pyridine rings is 1. The van der Waals surface area contributed by atoms with Crippen molar-refractivity contribution in [2.24, 2.45) is 0 Å². The van der Waals surface area contributed by atoms with Crippen LogP contribution in [0.15, 0.2) is 59.5 Å². The minimum Gasteiger partial charge on any atom is -0.321 e. The molecule has 0 aliphatic rings. The molecule has 1 aromatic carbocycles. The van der Waals surface area contributed by atoms with E-state index in [2.05, 4.69) is 10.3 Å². The van der Waals surface area contributed by atoms with Crippen molar-refractivity contribution in [1.82, 2.24) is 9.38 Å². The third-order valence-electron chi connectivity index (χ3n) is 3.83. The first-order chi connectivity index (χ1) is 11.6. The summed E-state index contributed by atoms with van der Waals surface area (Å²) >= 11 is 1.22. The molecule has 4 aromatic rings. The van der Waals surface area contributed by atoms with Crippen LogP contribution in [0.25, 0.3) is 15.9 Å². The Kier molecular flexibility index (Phi) is 3.39. The number of fused-ring (bicyclic) bond motifs is 2. The van der Waals surface area contributed by atoms with E-state index < -0.39 is 0 Å². The molecule has 0 radical (unpaired) electrons. The Morgan fingerprint density at radius 1 is 1.17 bits per heavy atom. The number of amides is 1. The molecule has 0 spiro atoms. The monoisotopic (exact) mass is 335 g/mol. The van der Waals surface area contributed by atoms with Crippen molar-refractivity contribution in [3.63, 3.8) is 0 Å². The lowest BCUT2D eigenvalue weighted by atomic mass is 10.2. The first-order valence-electron chi connectivity index (χ1n) is 7.41. The summed E-state index contributed by atoms with van der Waals surface area (Å²) in [7, 11) is 0. The molecule has 0 saturated carbocycles. The molecule has 0 aliphatic heterocycles. The highest BCUT2D eigenvalue weighted by Gasteiger charge is 2.15. The molecular formula is C18H13N3O2S. The summed E-state index contributed by atoms with van der Waals surface area (Å²) in [6.07, 6.45) is 1.68. The van der Waals surface area contributed by atoms with Gasteiger partial charge in [0.1, 0.15) is 10.5 Å². The summed E-state index contributed by atoms with van der Waals surface area (Å²) in [5.74, 6) is -0.235. The smallest absolute Gasteiger partial charge is 0.266 e. The fraction of sp³-hybridized carbons (Fsp3) is 0.0556. The highest BCUT2D eigenvalue weighted by Crippen LogP contribution is 2.23. The Bertz CT molecular complexity index is 1140. The average molecular weight is 335 g/mol. The summed E-state index contributed by atoms with van der Waals surface area (Å²) in [5.41, 5.74) is 2.15. The summed E-state index contributed by atoms with van der Waals surface area (Å²) in [6, 6.07) is 14.6. The molecule has 0 saturated heterocycles. The number of aromatic nitrogens is 2. The van der Waals surface area contributed by atoms with Crippen LogP contribution < -0.4 is 10.9 Å². The summed E-state index contributed by atoms with van der Waals surface area (Å²) in [5, 5.41) is 3.34. The van der Waals surface area contributed by atoms with Gasteiger partial charge in [0.05, 0.1) is 10.3 Å². The van der Waals surface area contributed by atoms with Crippen LogP contribution in [0.5, 0.6) is 0 Å². The largest absolute Gasteiger partial charge is 0.321 e. The highest BCUT2D eigenvalue weighted by molar-refractivity contribution is 7.20. The van der Waals surface area contributed by atoms with Crippen LogP contribution in [-0.2, 0) is 0 Å². The number of rotatable bonds is 2. The Morgan fingerprint density at radius 2 is 1.96 bits per heavy atom. The van der Waals surface area contributed by atoms with Crippen molar-refractivity contribution in [3.05, 3.63) is 75.5 Å². The lowest BCUT2D eigenvalue weighted by Crippen LogP contribution is -2.13. The molecule has 1 N–H and O–H groups in total. The first-order valence-corrected chi connectivity index (χ1v) is 8.23. The molecule has 3 heterocycles. The van der Waals surface area contributed by atoms with Crippen molar-refractivity contribution in [2.75, 3.05) is 5.32 Å². The first kappa shape index (κ1) is 14.6. The molecule has 0 atom stereocenters. The predicted octanol–water partition coefficient (Wildman–Crippen LogP) is 3.47. The number of hydrogen-bond donors (Lipinski definition) is 1. The molecule has 4 rings (SSSR count). The predicted molar refractivity (Wildman–Crippen MR) is 96.0 cm³/mol. The van der Waals surface area contributed by atoms with E-state index in [1.807, 2.05) is 37.3 Å². The minimum absolute atomic E-state index is 0.165. The molecule has 0 aliphatic carbocycles. The van der Waals surface area contributed by atoms with E-state index in [-0.39, 0.29) is 11.5 Å². The lowest BCUT2D eigenvalue weighted by molar-refractivity contribution is 0.103. The van der Waals surface area contributed by atoms with Gasteiger partial charge >= 0.3 is 0 Å². The van der Waals surface area contributed by atoms with Crippen LogP contribution in [0.3, 0.4) is 0 Å². The molecule has 6 heteroatoms. The van der Waals surface area contributed by atoms with Crippen LogP contribution in [0.4, 0.5) is 5.69 Å². The zero-order chi connectivity index (χ0) is 16.7. The number of anilines is 1. The maximum absolute atomic E-state index is 12.5. The van der Waals surface area contributed by atoms with Crippen molar-refractivity contribution < 1.29 is 4.79 Å². The summed E-state index contributed by atoms with van der Waals surface area (Å²) in [6.45, 7) is 1.93. The van der Waals surface area contributed by atoms with Gasteiger partial charge in [-0.15, -0.1) is 11.3 Å². The van der Waals surface area contributed by atoms with E-state index in [4.69, 9.17) is 0 Å². The van der Waals surface area contributed by atoms with Gasteiger partial charge in [0, 0.05) is 11.9 Å². The molecule has 0 fully saturated rings. The SMILES string of the molecule is Cc1ccccc1NC(=O)c1cc2c(=O)n3ccccc3nc2s1. The number of thiophene rings is 1. The number of nitrogens with zero attached hydrogens (tertiary/aromatic N) is 2. The van der Waals surface area contributed by atoms with Crippen LogP contribution in [0.1, 0.15) is 15.2 Å². The Balaban J connectivity index is 1.79. The maximum Gasteiger partial charge on any atom is 0.266 e. The van der Waals surface area contributed by atoms with E-state index in [0.717, 1.165) is 11.3 Å². The molecule has 3 aromatic heterocycles. The Hall–Kier alpha value is -2.99. The number of aryl methyl sites for hydroxylation is 1. The van der Waals surface area contributed by atoms with Crippen LogP contribution in [0.2, 0.25) is 0 Å². The molecule has 0 bridgehead atoms. The molecule has 0 unspecified atom stereocenters. The zero-order valence-corrected chi connectivity index (χ0v) is 13.6. The quantitative estimate of drug-likeness (QED) is 0.610. The molecule has 5 nitrogen and oxygen atoms in total. The van der Waals surface area contributed by atoms with Gasteiger partial charge in [0.15, 0.2) is 0 Å². The second kappa shape index (κ2) is 5.58. The third kappa shape index (κ3) is 2.37. The second-order valence-electron chi connectivity index (χ2n) is 5.44. The van der Waals surface area contributed by atoms with Crippen LogP contribution >= 0.6 is 11.3 Å². The van der Waals surface area contributed by atoms with Gasteiger partial charge in [0.25, 0.3) is 11.5 Å². The normalized spacial score (nSPS) is 11.0. The molecule has 24 heavy (non-hydrogen) atoms. The van der Waals surface area contributed by atoms with Gasteiger partial charge in [-0.25, -0.2) is 4.98 Å².